The van der Waals surface area contributed by atoms with E-state index in [0.29, 0.717) is 5.75 Å². The van der Waals surface area contributed by atoms with Crippen LogP contribution in [-0.4, -0.2) is 21.6 Å². The fraction of sp³-hybridized carbons (Fsp3) is 0.130. The fourth-order valence-electron chi connectivity index (χ4n) is 3.11. The molecule has 0 spiro atoms. The summed E-state index contributed by atoms with van der Waals surface area (Å²) in [7, 11) is 2.00. The number of aryl methyl sites for hydroxylation is 1. The molecule has 0 saturated heterocycles. The van der Waals surface area contributed by atoms with Crippen LogP contribution in [0.4, 0.5) is 5.69 Å². The predicted molar refractivity (Wildman–Crippen MR) is 111 cm³/mol. The van der Waals surface area contributed by atoms with E-state index in [1.54, 1.807) is 6.92 Å². The average Bonchev–Trinajstić information content (AvgIpc) is 3.06. The van der Waals surface area contributed by atoms with Crippen LogP contribution in [0.25, 0.3) is 22.4 Å². The highest BCUT2D eigenvalue weighted by Crippen LogP contribution is 2.25. The summed E-state index contributed by atoms with van der Waals surface area (Å²) in [4.78, 5) is 17.1. The van der Waals surface area contributed by atoms with Crippen molar-refractivity contribution in [2.24, 2.45) is 7.05 Å². The lowest BCUT2D eigenvalue weighted by Crippen LogP contribution is -2.30. The average molecular weight is 371 g/mol. The van der Waals surface area contributed by atoms with Gasteiger partial charge in [0.1, 0.15) is 11.6 Å². The molecule has 3 aromatic carbocycles. The second-order valence-electron chi connectivity index (χ2n) is 6.62. The van der Waals surface area contributed by atoms with Gasteiger partial charge in [0.15, 0.2) is 6.10 Å². The molecule has 28 heavy (non-hydrogen) atoms. The minimum Gasteiger partial charge on any atom is -0.481 e. The number of carbonyl (C=O) groups is 1. The van der Waals surface area contributed by atoms with Gasteiger partial charge in [0.25, 0.3) is 5.91 Å². The molecule has 1 unspecified atom stereocenters. The fourth-order valence-corrected chi connectivity index (χ4v) is 3.11. The minimum absolute atomic E-state index is 0.195. The maximum Gasteiger partial charge on any atom is 0.265 e. The number of hydrogen-bond acceptors (Lipinski definition) is 3. The summed E-state index contributed by atoms with van der Waals surface area (Å²) in [5.41, 5.74) is 3.76. The van der Waals surface area contributed by atoms with Crippen LogP contribution in [0.1, 0.15) is 6.92 Å². The number of amides is 1. The summed E-state index contributed by atoms with van der Waals surface area (Å²) in [5, 5.41) is 2.89. The van der Waals surface area contributed by atoms with Crippen LogP contribution in [0.15, 0.2) is 78.9 Å². The third-order valence-corrected chi connectivity index (χ3v) is 4.62. The summed E-state index contributed by atoms with van der Waals surface area (Å²) < 4.78 is 7.73. The third kappa shape index (κ3) is 3.60. The van der Waals surface area contributed by atoms with E-state index in [1.807, 2.05) is 79.8 Å². The zero-order chi connectivity index (χ0) is 19.5. The zero-order valence-electron chi connectivity index (χ0n) is 15.8. The number of carbonyl (C=O) groups excluding carboxylic acids is 1. The lowest BCUT2D eigenvalue weighted by atomic mass is 10.2. The molecule has 1 aromatic heterocycles. The van der Waals surface area contributed by atoms with E-state index in [2.05, 4.69) is 16.0 Å². The number of ether oxygens (including phenoxy) is 1. The summed E-state index contributed by atoms with van der Waals surface area (Å²) in [6.07, 6.45) is -0.595. The lowest BCUT2D eigenvalue weighted by Gasteiger charge is -2.15. The number of nitrogens with zero attached hydrogens (tertiary/aromatic N) is 2. The Labute approximate surface area is 163 Å². The molecule has 0 aliphatic heterocycles. The van der Waals surface area contributed by atoms with Crippen molar-refractivity contribution >= 4 is 22.6 Å². The summed E-state index contributed by atoms with van der Waals surface area (Å²) >= 11 is 0. The number of nitrogens with one attached hydrogen (secondary N) is 1. The molecule has 4 aromatic rings. The molecule has 5 nitrogen and oxygen atoms in total. The normalized spacial score (nSPS) is 11.9. The van der Waals surface area contributed by atoms with Crippen molar-refractivity contribution in [1.29, 1.82) is 0 Å². The molecular weight excluding hydrogens is 350 g/mol. The number of hydrogen-bond donors (Lipinski definition) is 1. The minimum atomic E-state index is -0.595. The van der Waals surface area contributed by atoms with Crippen LogP contribution in [0.3, 0.4) is 0 Å². The van der Waals surface area contributed by atoms with Crippen molar-refractivity contribution in [1.82, 2.24) is 9.55 Å². The summed E-state index contributed by atoms with van der Waals surface area (Å²) in [5.74, 6) is 1.36. The maximum atomic E-state index is 12.4. The SMILES string of the molecule is CC(Oc1ccccc1)C(=O)Nc1ccc(-c2nc3ccccc3n2C)cc1. The van der Waals surface area contributed by atoms with Gasteiger partial charge >= 0.3 is 0 Å². The molecule has 1 N–H and O–H groups in total. The molecule has 0 aliphatic carbocycles. The topological polar surface area (TPSA) is 56.1 Å². The van der Waals surface area contributed by atoms with E-state index in [0.717, 1.165) is 28.1 Å². The smallest absolute Gasteiger partial charge is 0.265 e. The molecule has 1 atom stereocenters. The first kappa shape index (κ1) is 17.8. The highest BCUT2D eigenvalue weighted by molar-refractivity contribution is 5.94. The second-order valence-corrected chi connectivity index (χ2v) is 6.62. The van der Waals surface area contributed by atoms with Gasteiger partial charge in [-0.3, -0.25) is 4.79 Å². The van der Waals surface area contributed by atoms with Crippen LogP contribution in [0.5, 0.6) is 5.75 Å². The molecule has 0 radical (unpaired) electrons. The maximum absolute atomic E-state index is 12.4. The quantitative estimate of drug-likeness (QED) is 0.556. The van der Waals surface area contributed by atoms with Gasteiger partial charge in [0.2, 0.25) is 0 Å². The van der Waals surface area contributed by atoms with Gasteiger partial charge in [0.05, 0.1) is 11.0 Å². The molecule has 0 fully saturated rings. The Morgan fingerprint density at radius 3 is 2.36 bits per heavy atom. The van der Waals surface area contributed by atoms with E-state index in [1.165, 1.54) is 0 Å². The number of anilines is 1. The lowest BCUT2D eigenvalue weighted by molar-refractivity contribution is -0.122. The summed E-state index contributed by atoms with van der Waals surface area (Å²) in [6.45, 7) is 1.73. The Morgan fingerprint density at radius 1 is 0.964 bits per heavy atom. The highest BCUT2D eigenvalue weighted by atomic mass is 16.5. The van der Waals surface area contributed by atoms with Gasteiger partial charge in [-0.15, -0.1) is 0 Å². The molecule has 0 aliphatic rings. The number of benzene rings is 3. The monoisotopic (exact) mass is 371 g/mol. The first-order valence-corrected chi connectivity index (χ1v) is 9.16. The van der Waals surface area contributed by atoms with Gasteiger partial charge < -0.3 is 14.6 Å². The Morgan fingerprint density at radius 2 is 1.64 bits per heavy atom. The van der Waals surface area contributed by atoms with Crippen molar-refractivity contribution in [3.05, 3.63) is 78.9 Å². The van der Waals surface area contributed by atoms with Crippen LogP contribution in [-0.2, 0) is 11.8 Å². The summed E-state index contributed by atoms with van der Waals surface area (Å²) in [6, 6.07) is 25.0. The van der Waals surface area contributed by atoms with Crippen molar-refractivity contribution in [2.45, 2.75) is 13.0 Å². The van der Waals surface area contributed by atoms with Crippen LogP contribution in [0.2, 0.25) is 0 Å². The third-order valence-electron chi connectivity index (χ3n) is 4.62. The molecule has 140 valence electrons. The Bertz CT molecular complexity index is 1100. The van der Waals surface area contributed by atoms with E-state index in [9.17, 15) is 4.79 Å². The van der Waals surface area contributed by atoms with Gasteiger partial charge in [-0.05, 0) is 55.5 Å². The van der Waals surface area contributed by atoms with Gasteiger partial charge in [-0.25, -0.2) is 4.98 Å². The number of para-hydroxylation sites is 3. The molecule has 5 heteroatoms. The van der Waals surface area contributed by atoms with Crippen LogP contribution in [0, 0.1) is 0 Å². The van der Waals surface area contributed by atoms with Crippen molar-refractivity contribution < 1.29 is 9.53 Å². The first-order chi connectivity index (χ1) is 13.6. The van der Waals surface area contributed by atoms with Crippen molar-refractivity contribution in [3.63, 3.8) is 0 Å². The van der Waals surface area contributed by atoms with Crippen molar-refractivity contribution in [3.8, 4) is 17.1 Å². The number of rotatable bonds is 5. The molecule has 0 bridgehead atoms. The molecule has 4 rings (SSSR count). The van der Waals surface area contributed by atoms with E-state index in [-0.39, 0.29) is 5.91 Å². The number of imidazole rings is 1. The van der Waals surface area contributed by atoms with Gasteiger partial charge in [-0.2, -0.15) is 0 Å². The van der Waals surface area contributed by atoms with E-state index >= 15 is 0 Å². The van der Waals surface area contributed by atoms with Gasteiger partial charge in [-0.1, -0.05) is 30.3 Å². The predicted octanol–water partition coefficient (Wildman–Crippen LogP) is 4.65. The zero-order valence-corrected chi connectivity index (χ0v) is 15.8. The second kappa shape index (κ2) is 7.56. The first-order valence-electron chi connectivity index (χ1n) is 9.16. The number of fused-ring (bicyclic) bond motifs is 1. The highest BCUT2D eigenvalue weighted by Gasteiger charge is 2.15. The van der Waals surface area contributed by atoms with Crippen LogP contribution < -0.4 is 10.1 Å². The molecule has 0 saturated carbocycles. The van der Waals surface area contributed by atoms with E-state index in [4.69, 9.17) is 9.72 Å². The largest absolute Gasteiger partial charge is 0.481 e. The Hall–Kier alpha value is -3.60. The molecule has 1 heterocycles. The Kier molecular flexibility index (Phi) is 4.81. The van der Waals surface area contributed by atoms with E-state index < -0.39 is 6.10 Å². The Balaban J connectivity index is 1.47. The molecular formula is C23H21N3O2. The van der Waals surface area contributed by atoms with Crippen molar-refractivity contribution in [2.75, 3.05) is 5.32 Å². The van der Waals surface area contributed by atoms with Gasteiger partial charge in [0, 0.05) is 18.3 Å². The standard InChI is InChI=1S/C23H21N3O2/c1-16(28-19-8-4-3-5-9-19)23(27)24-18-14-12-17(13-15-18)22-25-20-10-6-7-11-21(20)26(22)2/h3-16H,1-2H3,(H,24,27). The molecule has 1 amide bonds. The van der Waals surface area contributed by atoms with Crippen LogP contribution >= 0.6 is 0 Å². The number of aromatic nitrogens is 2.